The first-order valence-corrected chi connectivity index (χ1v) is 10.4. The summed E-state index contributed by atoms with van der Waals surface area (Å²) in [6, 6.07) is 19.7. The Bertz CT molecular complexity index is 1090. The van der Waals surface area contributed by atoms with E-state index < -0.39 is 11.9 Å². The number of hydrogen-bond donors (Lipinski definition) is 1. The number of carbonyl (C=O) groups excluding carboxylic acids is 2. The fourth-order valence-electron chi connectivity index (χ4n) is 3.36. The first kappa shape index (κ1) is 21.2. The van der Waals surface area contributed by atoms with Gasteiger partial charge in [0.05, 0.1) is 11.4 Å². The van der Waals surface area contributed by atoms with Crippen molar-refractivity contribution in [2.45, 2.75) is 12.8 Å². The summed E-state index contributed by atoms with van der Waals surface area (Å²) in [5, 5.41) is 11.0. The highest BCUT2D eigenvalue weighted by Gasteiger charge is 2.22. The van der Waals surface area contributed by atoms with E-state index in [0.29, 0.717) is 22.8 Å². The third-order valence-corrected chi connectivity index (χ3v) is 4.93. The minimum atomic E-state index is -0.563. The molecule has 4 rings (SSSR count). The highest BCUT2D eigenvalue weighted by molar-refractivity contribution is 5.98. The lowest BCUT2D eigenvalue weighted by Gasteiger charge is -2.18. The predicted octanol–water partition coefficient (Wildman–Crippen LogP) is 4.89. The molecule has 8 nitrogen and oxygen atoms in total. The van der Waals surface area contributed by atoms with Gasteiger partial charge in [-0.15, -0.1) is 0 Å². The van der Waals surface area contributed by atoms with Crippen LogP contribution in [0.4, 0.5) is 22.9 Å². The van der Waals surface area contributed by atoms with Crippen molar-refractivity contribution in [3.63, 3.8) is 0 Å². The van der Waals surface area contributed by atoms with Gasteiger partial charge in [0.25, 0.3) is 5.91 Å². The van der Waals surface area contributed by atoms with E-state index >= 15 is 0 Å². The van der Waals surface area contributed by atoms with Crippen molar-refractivity contribution in [2.24, 2.45) is 10.2 Å². The number of nitrogens with zero attached hydrogens (tertiary/aromatic N) is 4. The van der Waals surface area contributed by atoms with Gasteiger partial charge in [0, 0.05) is 25.0 Å². The first-order valence-electron chi connectivity index (χ1n) is 10.4. The van der Waals surface area contributed by atoms with Crippen molar-refractivity contribution < 1.29 is 14.3 Å². The van der Waals surface area contributed by atoms with Crippen molar-refractivity contribution in [2.75, 3.05) is 29.9 Å². The van der Waals surface area contributed by atoms with E-state index in [1.54, 1.807) is 42.6 Å². The van der Waals surface area contributed by atoms with E-state index in [4.69, 9.17) is 4.74 Å². The number of pyridine rings is 1. The van der Waals surface area contributed by atoms with Crippen LogP contribution in [0.15, 0.2) is 83.2 Å². The number of anilines is 2. The quantitative estimate of drug-likeness (QED) is 0.426. The molecule has 0 bridgehead atoms. The Morgan fingerprint density at radius 2 is 1.59 bits per heavy atom. The summed E-state index contributed by atoms with van der Waals surface area (Å²) in [5.74, 6) is -0.383. The van der Waals surface area contributed by atoms with Crippen molar-refractivity contribution in [3.8, 4) is 0 Å². The van der Waals surface area contributed by atoms with Crippen LogP contribution in [-0.4, -0.2) is 36.6 Å². The molecule has 1 aromatic heterocycles. The van der Waals surface area contributed by atoms with E-state index in [1.165, 1.54) is 0 Å². The minimum Gasteiger partial charge on any atom is -0.452 e. The lowest BCUT2D eigenvalue weighted by Crippen LogP contribution is -2.24. The second-order valence-corrected chi connectivity index (χ2v) is 7.28. The van der Waals surface area contributed by atoms with Crippen molar-refractivity contribution in [1.29, 1.82) is 0 Å². The van der Waals surface area contributed by atoms with Crippen molar-refractivity contribution >= 4 is 34.8 Å². The zero-order valence-corrected chi connectivity index (χ0v) is 17.5. The van der Waals surface area contributed by atoms with Crippen LogP contribution >= 0.6 is 0 Å². The largest absolute Gasteiger partial charge is 0.452 e. The summed E-state index contributed by atoms with van der Waals surface area (Å²) >= 11 is 0. The van der Waals surface area contributed by atoms with Crippen molar-refractivity contribution in [3.05, 3.63) is 78.5 Å². The Morgan fingerprint density at radius 3 is 2.31 bits per heavy atom. The molecule has 0 unspecified atom stereocenters. The third-order valence-electron chi connectivity index (χ3n) is 4.93. The van der Waals surface area contributed by atoms with Gasteiger partial charge in [-0.25, -0.2) is 9.78 Å². The molecule has 0 atom stereocenters. The highest BCUT2D eigenvalue weighted by Crippen LogP contribution is 2.23. The number of amides is 1. The summed E-state index contributed by atoms with van der Waals surface area (Å²) in [6.07, 6.45) is 3.79. The lowest BCUT2D eigenvalue weighted by atomic mass is 10.2. The smallest absolute Gasteiger partial charge is 0.342 e. The Kier molecular flexibility index (Phi) is 6.81. The Hall–Kier alpha value is -4.07. The summed E-state index contributed by atoms with van der Waals surface area (Å²) in [4.78, 5) is 31.1. The topological polar surface area (TPSA) is 96.2 Å². The number of carbonyl (C=O) groups is 2. The lowest BCUT2D eigenvalue weighted by molar-refractivity contribution is -0.119. The predicted molar refractivity (Wildman–Crippen MR) is 122 cm³/mol. The van der Waals surface area contributed by atoms with Crippen molar-refractivity contribution in [1.82, 2.24) is 4.98 Å². The van der Waals surface area contributed by atoms with Gasteiger partial charge in [-0.05, 0) is 61.4 Å². The van der Waals surface area contributed by atoms with Crippen LogP contribution in [-0.2, 0) is 9.53 Å². The maximum Gasteiger partial charge on any atom is 0.342 e. The maximum absolute atomic E-state index is 12.5. The minimum absolute atomic E-state index is 0.371. The molecular weight excluding hydrogens is 406 g/mol. The molecule has 0 spiro atoms. The fourth-order valence-corrected chi connectivity index (χ4v) is 3.36. The number of rotatable bonds is 7. The molecule has 1 aliphatic heterocycles. The Morgan fingerprint density at radius 1 is 0.906 bits per heavy atom. The average Bonchev–Trinajstić information content (AvgIpc) is 3.38. The highest BCUT2D eigenvalue weighted by atomic mass is 16.5. The molecule has 2 aromatic carbocycles. The van der Waals surface area contributed by atoms with E-state index in [2.05, 4.69) is 25.4 Å². The molecular formula is C24H23N5O3. The molecule has 8 heteroatoms. The SMILES string of the molecule is O=C(COC(=O)c1cccnc1N1CCCC1)Nc1ccc(N=Nc2ccccc2)cc1. The van der Waals surface area contributed by atoms with Crippen LogP contribution in [0.25, 0.3) is 0 Å². The van der Waals surface area contributed by atoms with Gasteiger partial charge in [-0.1, -0.05) is 18.2 Å². The van der Waals surface area contributed by atoms with Crippen LogP contribution in [0.5, 0.6) is 0 Å². The summed E-state index contributed by atoms with van der Waals surface area (Å²) in [5.41, 5.74) is 2.36. The van der Waals surface area contributed by atoms with Gasteiger partial charge in [-0.3, -0.25) is 4.79 Å². The van der Waals surface area contributed by atoms with E-state index in [9.17, 15) is 9.59 Å². The van der Waals surface area contributed by atoms with Crippen LogP contribution < -0.4 is 10.2 Å². The molecule has 1 amide bonds. The zero-order valence-electron chi connectivity index (χ0n) is 17.5. The molecule has 1 fully saturated rings. The molecule has 0 radical (unpaired) electrons. The molecule has 1 aliphatic rings. The summed E-state index contributed by atoms with van der Waals surface area (Å²) < 4.78 is 5.22. The van der Waals surface area contributed by atoms with Crippen LogP contribution in [0.3, 0.4) is 0 Å². The molecule has 1 saturated heterocycles. The molecule has 32 heavy (non-hydrogen) atoms. The fraction of sp³-hybridized carbons (Fsp3) is 0.208. The molecule has 0 saturated carbocycles. The number of nitrogens with one attached hydrogen (secondary N) is 1. The maximum atomic E-state index is 12.5. The third kappa shape index (κ3) is 5.54. The molecule has 162 valence electrons. The van der Waals surface area contributed by atoms with Crippen LogP contribution in [0, 0.1) is 0 Å². The Balaban J connectivity index is 1.30. The standard InChI is InChI=1S/C24H23N5O3/c30-22(17-32-24(31)21-9-6-14-25-23(21)29-15-4-5-16-29)26-18-10-12-20(13-11-18)28-27-19-7-2-1-3-8-19/h1-3,6-14H,4-5,15-17H2,(H,26,30). The van der Waals surface area contributed by atoms with Gasteiger partial charge < -0.3 is 15.0 Å². The number of benzene rings is 2. The number of esters is 1. The average molecular weight is 429 g/mol. The first-order chi connectivity index (χ1) is 15.7. The number of azo groups is 1. The van der Waals surface area contributed by atoms with Gasteiger partial charge >= 0.3 is 5.97 Å². The number of aromatic nitrogens is 1. The second-order valence-electron chi connectivity index (χ2n) is 7.28. The van der Waals surface area contributed by atoms with Gasteiger partial charge in [0.2, 0.25) is 0 Å². The number of hydrogen-bond acceptors (Lipinski definition) is 7. The van der Waals surface area contributed by atoms with Gasteiger partial charge in [0.15, 0.2) is 6.61 Å². The Labute approximate surface area is 186 Å². The summed E-state index contributed by atoms with van der Waals surface area (Å²) in [6.45, 7) is 1.33. The van der Waals surface area contributed by atoms with Crippen LogP contribution in [0.1, 0.15) is 23.2 Å². The molecule has 3 aromatic rings. The monoisotopic (exact) mass is 429 g/mol. The van der Waals surface area contributed by atoms with Gasteiger partial charge in [0.1, 0.15) is 11.4 Å². The van der Waals surface area contributed by atoms with E-state index in [-0.39, 0.29) is 6.61 Å². The summed E-state index contributed by atoms with van der Waals surface area (Å²) in [7, 11) is 0. The molecule has 0 aliphatic carbocycles. The second kappa shape index (κ2) is 10.3. The van der Waals surface area contributed by atoms with Crippen LogP contribution in [0.2, 0.25) is 0 Å². The van der Waals surface area contributed by atoms with E-state index in [1.807, 2.05) is 30.3 Å². The number of ether oxygens (including phenoxy) is 1. The van der Waals surface area contributed by atoms with Gasteiger partial charge in [-0.2, -0.15) is 10.2 Å². The van der Waals surface area contributed by atoms with E-state index in [0.717, 1.165) is 31.6 Å². The molecule has 2 heterocycles. The normalized spacial score (nSPS) is 13.3. The zero-order chi connectivity index (χ0) is 22.2. The molecule has 1 N–H and O–H groups in total.